The van der Waals surface area contributed by atoms with Gasteiger partial charge in [0.1, 0.15) is 0 Å². The first-order chi connectivity index (χ1) is 12.7. The molecule has 0 unspecified atom stereocenters. The van der Waals surface area contributed by atoms with E-state index in [-0.39, 0.29) is 16.9 Å². The maximum absolute atomic E-state index is 12.9. The Bertz CT molecular complexity index is 762. The number of piperidine rings is 1. The number of nitrogens with one attached hydrogen (secondary N) is 1. The van der Waals surface area contributed by atoms with Gasteiger partial charge in [0, 0.05) is 41.5 Å². The first-order valence-electron chi connectivity index (χ1n) is 9.87. The fourth-order valence-electron chi connectivity index (χ4n) is 4.73. The number of carbonyl (C=O) groups is 1. The highest BCUT2D eigenvalue weighted by molar-refractivity contribution is 5.96. The van der Waals surface area contributed by atoms with Crippen LogP contribution in [0.4, 0.5) is 11.4 Å². The summed E-state index contributed by atoms with van der Waals surface area (Å²) < 4.78 is 0. The van der Waals surface area contributed by atoms with E-state index in [2.05, 4.69) is 50.0 Å². The molecule has 144 valence electrons. The second kappa shape index (κ2) is 7.47. The van der Waals surface area contributed by atoms with Crippen LogP contribution in [0.25, 0.3) is 0 Å². The van der Waals surface area contributed by atoms with E-state index < -0.39 is 0 Å². The molecule has 0 spiro atoms. The number of carbonyl (C=O) groups excluding carboxylic acids is 1. The lowest BCUT2D eigenvalue weighted by Crippen LogP contribution is -2.57. The van der Waals surface area contributed by atoms with Gasteiger partial charge >= 0.3 is 0 Å². The zero-order valence-electron chi connectivity index (χ0n) is 17.3. The third-order valence-electron chi connectivity index (χ3n) is 5.47. The van der Waals surface area contributed by atoms with Crippen molar-refractivity contribution in [1.29, 1.82) is 0 Å². The van der Waals surface area contributed by atoms with Crippen molar-refractivity contribution >= 4 is 17.2 Å². The molecule has 0 atom stereocenters. The highest BCUT2D eigenvalue weighted by Gasteiger charge is 2.38. The molecule has 1 aliphatic rings. The summed E-state index contributed by atoms with van der Waals surface area (Å²) in [4.78, 5) is 15.0. The molecule has 0 bridgehead atoms. The van der Waals surface area contributed by atoms with Crippen LogP contribution < -0.4 is 10.2 Å². The average Bonchev–Trinajstić information content (AvgIpc) is 2.59. The smallest absolute Gasteiger partial charge is 0.163 e. The molecule has 3 nitrogen and oxygen atoms in total. The van der Waals surface area contributed by atoms with Gasteiger partial charge in [-0.15, -0.1) is 0 Å². The minimum Gasteiger partial charge on any atom is -0.345 e. The van der Waals surface area contributed by atoms with Crippen LogP contribution in [0.3, 0.4) is 0 Å². The quantitative estimate of drug-likeness (QED) is 0.703. The standard InChI is InChI=1S/C24H32N2O/c1-23(2)16-18(17-24(3,4)25-23)15-22(27)19-11-13-21(14-12-19)26(5)20-9-7-6-8-10-20/h6-14,18,25H,15-17H2,1-5H3. The number of hydrogen-bond acceptors (Lipinski definition) is 3. The number of anilines is 2. The Labute approximate surface area is 163 Å². The lowest BCUT2D eigenvalue weighted by atomic mass is 9.74. The van der Waals surface area contributed by atoms with Crippen LogP contribution >= 0.6 is 0 Å². The van der Waals surface area contributed by atoms with Gasteiger partial charge in [-0.2, -0.15) is 0 Å². The van der Waals surface area contributed by atoms with Crippen LogP contribution in [0.5, 0.6) is 0 Å². The topological polar surface area (TPSA) is 32.3 Å². The van der Waals surface area contributed by atoms with Crippen molar-refractivity contribution in [3.63, 3.8) is 0 Å². The molecule has 1 fully saturated rings. The molecule has 2 aromatic rings. The monoisotopic (exact) mass is 364 g/mol. The zero-order chi connectivity index (χ0) is 19.7. The molecular weight excluding hydrogens is 332 g/mol. The van der Waals surface area contributed by atoms with Gasteiger partial charge in [0.15, 0.2) is 5.78 Å². The van der Waals surface area contributed by atoms with Gasteiger partial charge in [-0.25, -0.2) is 0 Å². The van der Waals surface area contributed by atoms with E-state index in [0.717, 1.165) is 29.8 Å². The Morgan fingerprint density at radius 2 is 1.44 bits per heavy atom. The van der Waals surface area contributed by atoms with Gasteiger partial charge in [-0.05, 0) is 82.9 Å². The lowest BCUT2D eigenvalue weighted by molar-refractivity contribution is 0.0864. The van der Waals surface area contributed by atoms with E-state index in [9.17, 15) is 4.79 Å². The van der Waals surface area contributed by atoms with Gasteiger partial charge in [0.2, 0.25) is 0 Å². The number of ketones is 1. The van der Waals surface area contributed by atoms with E-state index in [1.807, 2.05) is 49.5 Å². The second-order valence-electron chi connectivity index (χ2n) is 9.24. The van der Waals surface area contributed by atoms with Crippen molar-refractivity contribution in [2.75, 3.05) is 11.9 Å². The summed E-state index contributed by atoms with van der Waals surface area (Å²) in [6.45, 7) is 8.94. The maximum Gasteiger partial charge on any atom is 0.163 e. The molecule has 2 aromatic carbocycles. The van der Waals surface area contributed by atoms with Crippen molar-refractivity contribution in [3.05, 3.63) is 60.2 Å². The fraction of sp³-hybridized carbons (Fsp3) is 0.458. The molecule has 0 amide bonds. The van der Waals surface area contributed by atoms with Gasteiger partial charge in [-0.1, -0.05) is 18.2 Å². The molecule has 1 saturated heterocycles. The summed E-state index contributed by atoms with van der Waals surface area (Å²) in [6.07, 6.45) is 2.70. The summed E-state index contributed by atoms with van der Waals surface area (Å²) in [5.74, 6) is 0.679. The summed E-state index contributed by atoms with van der Waals surface area (Å²) in [6, 6.07) is 18.3. The largest absolute Gasteiger partial charge is 0.345 e. The number of rotatable bonds is 5. The molecule has 0 aliphatic carbocycles. The van der Waals surface area contributed by atoms with Gasteiger partial charge in [-0.3, -0.25) is 4.79 Å². The van der Waals surface area contributed by atoms with Crippen LogP contribution in [-0.4, -0.2) is 23.9 Å². The van der Waals surface area contributed by atoms with Gasteiger partial charge in [0.05, 0.1) is 0 Å². The van der Waals surface area contributed by atoms with Gasteiger partial charge < -0.3 is 10.2 Å². The van der Waals surface area contributed by atoms with Crippen LogP contribution in [0.15, 0.2) is 54.6 Å². The van der Waals surface area contributed by atoms with E-state index >= 15 is 0 Å². The van der Waals surface area contributed by atoms with Crippen molar-refractivity contribution in [2.24, 2.45) is 5.92 Å². The Morgan fingerprint density at radius 1 is 0.926 bits per heavy atom. The highest BCUT2D eigenvalue weighted by atomic mass is 16.1. The Hall–Kier alpha value is -2.13. The number of Topliss-reactive ketones (excluding diaryl/α,β-unsaturated/α-hetero) is 1. The summed E-state index contributed by atoms with van der Waals surface area (Å²) in [5, 5.41) is 3.69. The summed E-state index contributed by atoms with van der Waals surface area (Å²) in [5.41, 5.74) is 3.19. The van der Waals surface area contributed by atoms with E-state index in [1.54, 1.807) is 0 Å². The molecule has 27 heavy (non-hydrogen) atoms. The van der Waals surface area contributed by atoms with Crippen molar-refractivity contribution in [3.8, 4) is 0 Å². The first-order valence-corrected chi connectivity index (χ1v) is 9.87. The van der Waals surface area contributed by atoms with Crippen molar-refractivity contribution < 1.29 is 4.79 Å². The highest BCUT2D eigenvalue weighted by Crippen LogP contribution is 2.35. The van der Waals surface area contributed by atoms with Gasteiger partial charge in [0.25, 0.3) is 0 Å². The molecular formula is C24H32N2O. The molecule has 0 saturated carbocycles. The van der Waals surface area contributed by atoms with Crippen molar-refractivity contribution in [1.82, 2.24) is 5.32 Å². The Morgan fingerprint density at radius 3 is 2.00 bits per heavy atom. The molecule has 0 aromatic heterocycles. The predicted octanol–water partition coefficient (Wildman–Crippen LogP) is 5.58. The number of hydrogen-bond donors (Lipinski definition) is 1. The molecule has 1 aliphatic heterocycles. The predicted molar refractivity (Wildman–Crippen MR) is 114 cm³/mol. The van der Waals surface area contributed by atoms with E-state index in [4.69, 9.17) is 0 Å². The normalized spacial score (nSPS) is 18.9. The number of para-hydroxylation sites is 1. The van der Waals surface area contributed by atoms with E-state index in [0.29, 0.717) is 12.3 Å². The molecule has 3 rings (SSSR count). The number of nitrogens with zero attached hydrogens (tertiary/aromatic N) is 1. The van der Waals surface area contributed by atoms with Crippen LogP contribution in [0.1, 0.15) is 57.3 Å². The minimum absolute atomic E-state index is 0.0783. The zero-order valence-corrected chi connectivity index (χ0v) is 17.3. The minimum atomic E-state index is 0.0783. The third kappa shape index (κ3) is 4.98. The maximum atomic E-state index is 12.9. The molecule has 1 heterocycles. The molecule has 0 radical (unpaired) electrons. The third-order valence-corrected chi connectivity index (χ3v) is 5.47. The summed E-state index contributed by atoms with van der Waals surface area (Å²) >= 11 is 0. The molecule has 1 N–H and O–H groups in total. The molecule has 3 heteroatoms. The Balaban J connectivity index is 1.67. The van der Waals surface area contributed by atoms with Crippen LogP contribution in [0.2, 0.25) is 0 Å². The lowest BCUT2D eigenvalue weighted by Gasteiger charge is -2.46. The van der Waals surface area contributed by atoms with Crippen LogP contribution in [0, 0.1) is 5.92 Å². The van der Waals surface area contributed by atoms with Crippen molar-refractivity contribution in [2.45, 2.75) is 58.0 Å². The number of benzene rings is 2. The average molecular weight is 365 g/mol. The Kier molecular flexibility index (Phi) is 5.43. The van der Waals surface area contributed by atoms with E-state index in [1.165, 1.54) is 0 Å². The summed E-state index contributed by atoms with van der Waals surface area (Å²) in [7, 11) is 2.05. The fourth-order valence-corrected chi connectivity index (χ4v) is 4.73. The first kappa shape index (κ1) is 19.6. The SMILES string of the molecule is CN(c1ccccc1)c1ccc(C(=O)CC2CC(C)(C)NC(C)(C)C2)cc1. The second-order valence-corrected chi connectivity index (χ2v) is 9.24. The van der Waals surface area contributed by atoms with Crippen LogP contribution in [-0.2, 0) is 0 Å².